The molecule has 0 saturated carbocycles. The lowest BCUT2D eigenvalue weighted by Gasteiger charge is -2.12. The van der Waals surface area contributed by atoms with Gasteiger partial charge in [0.1, 0.15) is 0 Å². The first-order valence-corrected chi connectivity index (χ1v) is 8.15. The van der Waals surface area contributed by atoms with E-state index in [0.29, 0.717) is 0 Å². The van der Waals surface area contributed by atoms with Crippen molar-refractivity contribution in [3.05, 3.63) is 46.9 Å². The molecule has 20 heavy (non-hydrogen) atoms. The number of fused-ring (bicyclic) bond motifs is 1. The van der Waals surface area contributed by atoms with Crippen LogP contribution in [0.1, 0.15) is 42.5 Å². The van der Waals surface area contributed by atoms with Crippen LogP contribution in [0.5, 0.6) is 0 Å². The van der Waals surface area contributed by atoms with Crippen LogP contribution in [-0.4, -0.2) is 12.5 Å². The standard InChI is InChI=1S/C17H19NOS/c19-17(18-11-10-13-6-2-1-3-7-13)15-12-20-16-9-5-4-8-14(15)16/h4-6,8-9,12H,1-3,7,10-11H2,(H,18,19). The largest absolute Gasteiger partial charge is 0.352 e. The van der Waals surface area contributed by atoms with E-state index in [0.717, 1.165) is 23.9 Å². The third-order valence-corrected chi connectivity index (χ3v) is 4.81. The fourth-order valence-corrected chi connectivity index (χ4v) is 3.66. The van der Waals surface area contributed by atoms with Gasteiger partial charge in [0.25, 0.3) is 5.91 Å². The molecule has 0 fully saturated rings. The number of carbonyl (C=O) groups excluding carboxylic acids is 1. The van der Waals surface area contributed by atoms with E-state index in [9.17, 15) is 4.79 Å². The van der Waals surface area contributed by atoms with Crippen LogP contribution in [0.25, 0.3) is 10.1 Å². The smallest absolute Gasteiger partial charge is 0.252 e. The molecule has 1 aromatic carbocycles. The van der Waals surface area contributed by atoms with E-state index in [2.05, 4.69) is 17.5 Å². The van der Waals surface area contributed by atoms with E-state index in [1.54, 1.807) is 11.3 Å². The molecule has 1 aromatic heterocycles. The molecular formula is C17H19NOS. The Morgan fingerprint density at radius 3 is 3.00 bits per heavy atom. The van der Waals surface area contributed by atoms with Crippen LogP contribution in [0.3, 0.4) is 0 Å². The van der Waals surface area contributed by atoms with Crippen LogP contribution in [0.4, 0.5) is 0 Å². The van der Waals surface area contributed by atoms with Gasteiger partial charge in [0.2, 0.25) is 0 Å². The minimum atomic E-state index is 0.0545. The summed E-state index contributed by atoms with van der Waals surface area (Å²) in [5.74, 6) is 0.0545. The number of hydrogen-bond donors (Lipinski definition) is 1. The van der Waals surface area contributed by atoms with Crippen LogP contribution in [0, 0.1) is 0 Å². The first-order chi connectivity index (χ1) is 9.84. The summed E-state index contributed by atoms with van der Waals surface area (Å²) in [6, 6.07) is 8.07. The highest BCUT2D eigenvalue weighted by atomic mass is 32.1. The van der Waals surface area contributed by atoms with Crippen molar-refractivity contribution in [1.82, 2.24) is 5.32 Å². The quantitative estimate of drug-likeness (QED) is 0.822. The van der Waals surface area contributed by atoms with Crippen molar-refractivity contribution in [2.75, 3.05) is 6.54 Å². The number of thiophene rings is 1. The van der Waals surface area contributed by atoms with E-state index in [1.807, 2.05) is 23.6 Å². The second-order valence-corrected chi connectivity index (χ2v) is 6.17. The van der Waals surface area contributed by atoms with E-state index >= 15 is 0 Å². The van der Waals surface area contributed by atoms with Crippen molar-refractivity contribution in [2.45, 2.75) is 32.1 Å². The Labute approximate surface area is 123 Å². The third kappa shape index (κ3) is 2.93. The van der Waals surface area contributed by atoms with Gasteiger partial charge >= 0.3 is 0 Å². The number of allylic oxidation sites excluding steroid dienone is 1. The molecule has 1 aliphatic carbocycles. The number of benzene rings is 1. The zero-order valence-corrected chi connectivity index (χ0v) is 12.3. The van der Waals surface area contributed by atoms with Gasteiger partial charge in [-0.3, -0.25) is 4.79 Å². The second kappa shape index (κ2) is 6.23. The summed E-state index contributed by atoms with van der Waals surface area (Å²) in [5, 5.41) is 6.07. The fraction of sp³-hybridized carbons (Fsp3) is 0.353. The summed E-state index contributed by atoms with van der Waals surface area (Å²) >= 11 is 1.63. The lowest BCUT2D eigenvalue weighted by Crippen LogP contribution is -2.24. The van der Waals surface area contributed by atoms with E-state index in [-0.39, 0.29) is 5.91 Å². The Kier molecular flexibility index (Phi) is 4.16. The molecule has 3 rings (SSSR count). The van der Waals surface area contributed by atoms with Crippen molar-refractivity contribution in [2.24, 2.45) is 0 Å². The molecule has 2 nitrogen and oxygen atoms in total. The molecule has 1 heterocycles. The van der Waals surface area contributed by atoms with E-state index in [1.165, 1.54) is 36.0 Å². The van der Waals surface area contributed by atoms with Crippen LogP contribution >= 0.6 is 11.3 Å². The highest BCUT2D eigenvalue weighted by molar-refractivity contribution is 7.17. The molecule has 0 aliphatic heterocycles. The first kappa shape index (κ1) is 13.4. The molecule has 1 amide bonds. The normalized spacial score (nSPS) is 15.1. The van der Waals surface area contributed by atoms with Gasteiger partial charge in [-0.25, -0.2) is 0 Å². The van der Waals surface area contributed by atoms with Gasteiger partial charge in [-0.05, 0) is 38.2 Å². The van der Waals surface area contributed by atoms with Crippen molar-refractivity contribution >= 4 is 27.3 Å². The Morgan fingerprint density at radius 1 is 1.25 bits per heavy atom. The minimum absolute atomic E-state index is 0.0545. The van der Waals surface area contributed by atoms with Gasteiger partial charge in [-0.2, -0.15) is 0 Å². The summed E-state index contributed by atoms with van der Waals surface area (Å²) in [5.41, 5.74) is 2.31. The Hall–Kier alpha value is -1.61. The molecule has 1 aliphatic rings. The predicted octanol–water partition coefficient (Wildman–Crippen LogP) is 4.52. The molecule has 0 atom stereocenters. The van der Waals surface area contributed by atoms with E-state index in [4.69, 9.17) is 0 Å². The van der Waals surface area contributed by atoms with Crippen LogP contribution in [0.15, 0.2) is 41.3 Å². The van der Waals surface area contributed by atoms with Gasteiger partial charge in [0.05, 0.1) is 5.56 Å². The molecule has 2 aromatic rings. The number of nitrogens with one attached hydrogen (secondary N) is 1. The Balaban J connectivity index is 1.60. The predicted molar refractivity (Wildman–Crippen MR) is 85.3 cm³/mol. The molecule has 0 bridgehead atoms. The SMILES string of the molecule is O=C(NCCC1=CCCCC1)c1csc2ccccc12. The van der Waals surface area contributed by atoms with Crippen molar-refractivity contribution < 1.29 is 4.79 Å². The lowest BCUT2D eigenvalue weighted by molar-refractivity contribution is 0.0956. The van der Waals surface area contributed by atoms with Crippen LogP contribution in [0.2, 0.25) is 0 Å². The monoisotopic (exact) mass is 285 g/mol. The maximum atomic E-state index is 12.2. The average molecular weight is 285 g/mol. The Morgan fingerprint density at radius 2 is 2.15 bits per heavy atom. The first-order valence-electron chi connectivity index (χ1n) is 7.27. The number of rotatable bonds is 4. The summed E-state index contributed by atoms with van der Waals surface area (Å²) in [7, 11) is 0. The summed E-state index contributed by atoms with van der Waals surface area (Å²) in [6.45, 7) is 0.745. The molecule has 0 radical (unpaired) electrons. The minimum Gasteiger partial charge on any atom is -0.352 e. The van der Waals surface area contributed by atoms with Gasteiger partial charge in [-0.15, -0.1) is 11.3 Å². The van der Waals surface area contributed by atoms with Crippen molar-refractivity contribution in [3.63, 3.8) is 0 Å². The molecular weight excluding hydrogens is 266 g/mol. The molecule has 0 spiro atoms. The van der Waals surface area contributed by atoms with Crippen LogP contribution < -0.4 is 5.32 Å². The molecule has 104 valence electrons. The lowest BCUT2D eigenvalue weighted by atomic mass is 9.97. The zero-order valence-electron chi connectivity index (χ0n) is 11.5. The molecule has 0 unspecified atom stereocenters. The summed E-state index contributed by atoms with van der Waals surface area (Å²) < 4.78 is 1.17. The van der Waals surface area contributed by atoms with Crippen molar-refractivity contribution in [3.8, 4) is 0 Å². The molecule has 3 heteroatoms. The molecule has 1 N–H and O–H groups in total. The fourth-order valence-electron chi connectivity index (χ4n) is 2.72. The summed E-state index contributed by atoms with van der Waals surface area (Å²) in [6.07, 6.45) is 8.37. The third-order valence-electron chi connectivity index (χ3n) is 3.84. The van der Waals surface area contributed by atoms with E-state index < -0.39 is 0 Å². The number of amides is 1. The zero-order chi connectivity index (χ0) is 13.8. The average Bonchev–Trinajstić information content (AvgIpc) is 2.92. The highest BCUT2D eigenvalue weighted by Gasteiger charge is 2.11. The highest BCUT2D eigenvalue weighted by Crippen LogP contribution is 2.25. The number of hydrogen-bond acceptors (Lipinski definition) is 2. The number of carbonyl (C=O) groups is 1. The van der Waals surface area contributed by atoms with Crippen molar-refractivity contribution in [1.29, 1.82) is 0 Å². The maximum absolute atomic E-state index is 12.2. The van der Waals surface area contributed by atoms with Gasteiger partial charge in [-0.1, -0.05) is 29.8 Å². The summed E-state index contributed by atoms with van der Waals surface area (Å²) in [4.78, 5) is 12.2. The van der Waals surface area contributed by atoms with Gasteiger partial charge in [0, 0.05) is 22.0 Å². The Bertz CT molecular complexity index is 641. The van der Waals surface area contributed by atoms with Gasteiger partial charge < -0.3 is 5.32 Å². The maximum Gasteiger partial charge on any atom is 0.252 e. The van der Waals surface area contributed by atoms with Crippen LogP contribution in [-0.2, 0) is 0 Å². The molecule has 0 saturated heterocycles. The second-order valence-electron chi connectivity index (χ2n) is 5.26. The topological polar surface area (TPSA) is 29.1 Å². The van der Waals surface area contributed by atoms with Gasteiger partial charge in [0.15, 0.2) is 0 Å².